The van der Waals surface area contributed by atoms with Crippen molar-refractivity contribution in [3.8, 4) is 0 Å². The molecule has 0 N–H and O–H groups in total. The monoisotopic (exact) mass is 356 g/mol. The van der Waals surface area contributed by atoms with E-state index in [1.807, 2.05) is 5.70 Å². The van der Waals surface area contributed by atoms with E-state index >= 15 is 0 Å². The molecule has 0 radical (unpaired) electrons. The summed E-state index contributed by atoms with van der Waals surface area (Å²) in [6, 6.07) is 0. The van der Waals surface area contributed by atoms with E-state index < -0.39 is 8.56 Å². The molecule has 0 fully saturated rings. The summed E-state index contributed by atoms with van der Waals surface area (Å²) in [6.07, 6.45) is 12.3. The molecule has 1 atom stereocenters. The van der Waals surface area contributed by atoms with Crippen LogP contribution in [0.1, 0.15) is 92.4 Å². The molecule has 24 heavy (non-hydrogen) atoms. The molecule has 0 aromatic carbocycles. The van der Waals surface area contributed by atoms with Gasteiger partial charge in [-0.3, -0.25) is 0 Å². The van der Waals surface area contributed by atoms with Crippen LogP contribution in [0.5, 0.6) is 0 Å². The predicted octanol–water partition coefficient (Wildman–Crippen LogP) is 7.03. The summed E-state index contributed by atoms with van der Waals surface area (Å²) in [5.74, 6) is 1.01. The minimum Gasteiger partial charge on any atom is -0.391 e. The third-order valence-electron chi connectivity index (χ3n) is 4.69. The van der Waals surface area contributed by atoms with Crippen LogP contribution in [-0.2, 0) is 8.85 Å². The van der Waals surface area contributed by atoms with E-state index in [2.05, 4.69) is 47.7 Å². The molecule has 0 bridgehead atoms. The lowest BCUT2D eigenvalue weighted by atomic mass is 9.97. The topological polar surface area (TPSA) is 18.5 Å². The molecule has 2 nitrogen and oxygen atoms in total. The number of hydrogen-bond acceptors (Lipinski definition) is 2. The second-order valence-corrected chi connectivity index (χ2v) is 10.9. The summed E-state index contributed by atoms with van der Waals surface area (Å²) in [5.41, 5.74) is 1.94. The molecule has 3 heteroatoms. The van der Waals surface area contributed by atoms with Crippen LogP contribution in [0, 0.1) is 11.8 Å². The quantitative estimate of drug-likeness (QED) is 0.218. The van der Waals surface area contributed by atoms with Crippen molar-refractivity contribution in [1.29, 1.82) is 0 Å². The first-order valence-electron chi connectivity index (χ1n) is 10.3. The van der Waals surface area contributed by atoms with E-state index in [1.54, 1.807) is 0 Å². The maximum absolute atomic E-state index is 6.39. The summed E-state index contributed by atoms with van der Waals surface area (Å²) in [4.78, 5) is 0. The highest BCUT2D eigenvalue weighted by atomic mass is 28.4. The van der Waals surface area contributed by atoms with Crippen molar-refractivity contribution in [2.45, 2.75) is 105 Å². The van der Waals surface area contributed by atoms with Gasteiger partial charge in [0.25, 0.3) is 0 Å². The highest BCUT2D eigenvalue weighted by molar-refractivity contribution is 6.71. The van der Waals surface area contributed by atoms with E-state index in [1.165, 1.54) is 51.4 Å². The van der Waals surface area contributed by atoms with Gasteiger partial charge in [-0.05, 0) is 30.5 Å². The Hall–Kier alpha value is -0.123. The first kappa shape index (κ1) is 23.9. The minimum atomic E-state index is -2.24. The Morgan fingerprint density at radius 3 is 1.71 bits per heavy atom. The van der Waals surface area contributed by atoms with Crippen LogP contribution >= 0.6 is 0 Å². The Morgan fingerprint density at radius 2 is 1.29 bits per heavy atom. The number of rotatable bonds is 16. The molecule has 0 aliphatic heterocycles. The van der Waals surface area contributed by atoms with Crippen molar-refractivity contribution < 1.29 is 8.85 Å². The second kappa shape index (κ2) is 14.1. The molecule has 0 aromatic rings. The average Bonchev–Trinajstić information content (AvgIpc) is 2.54. The number of hydrogen-bond donors (Lipinski definition) is 0. The van der Waals surface area contributed by atoms with Crippen molar-refractivity contribution in [2.24, 2.45) is 11.8 Å². The van der Waals surface area contributed by atoms with Gasteiger partial charge >= 0.3 is 8.56 Å². The molecule has 0 amide bonds. The summed E-state index contributed by atoms with van der Waals surface area (Å²) in [7, 11) is -2.24. The SMILES string of the molecule is C=C[Si](C)(OCCCCCCCCCCC)OC(C(C)C)C(C)C. The Morgan fingerprint density at radius 1 is 0.833 bits per heavy atom. The Bertz CT molecular complexity index is 296. The third-order valence-corrected chi connectivity index (χ3v) is 6.95. The molecule has 1 unspecified atom stereocenters. The maximum atomic E-state index is 6.39. The first-order valence-corrected chi connectivity index (χ1v) is 12.7. The van der Waals surface area contributed by atoms with Gasteiger partial charge < -0.3 is 8.85 Å². The van der Waals surface area contributed by atoms with E-state index in [-0.39, 0.29) is 6.10 Å². The van der Waals surface area contributed by atoms with E-state index in [0.717, 1.165) is 13.0 Å². The summed E-state index contributed by atoms with van der Waals surface area (Å²) in [5, 5.41) is 0. The highest BCUT2D eigenvalue weighted by Gasteiger charge is 2.33. The fourth-order valence-corrected chi connectivity index (χ4v) is 5.06. The zero-order valence-corrected chi connectivity index (χ0v) is 18.4. The molecule has 144 valence electrons. The van der Waals surface area contributed by atoms with E-state index in [4.69, 9.17) is 8.85 Å². The number of unbranched alkanes of at least 4 members (excludes halogenated alkanes) is 8. The Labute approximate surface area is 153 Å². The van der Waals surface area contributed by atoms with Crippen molar-refractivity contribution >= 4 is 8.56 Å². The highest BCUT2D eigenvalue weighted by Crippen LogP contribution is 2.23. The lowest BCUT2D eigenvalue weighted by molar-refractivity contribution is 0.0588. The molecule has 0 heterocycles. The van der Waals surface area contributed by atoms with Gasteiger partial charge in [-0.1, -0.05) is 86.0 Å². The third kappa shape index (κ3) is 11.4. The van der Waals surface area contributed by atoms with Crippen LogP contribution in [0.25, 0.3) is 0 Å². The van der Waals surface area contributed by atoms with Crippen molar-refractivity contribution in [2.75, 3.05) is 6.61 Å². The van der Waals surface area contributed by atoms with Gasteiger partial charge in [0.05, 0.1) is 6.10 Å². The second-order valence-electron chi connectivity index (χ2n) is 7.97. The first-order chi connectivity index (χ1) is 11.4. The van der Waals surface area contributed by atoms with E-state index in [9.17, 15) is 0 Å². The van der Waals surface area contributed by atoms with Crippen LogP contribution in [0.15, 0.2) is 12.3 Å². The fourth-order valence-electron chi connectivity index (χ4n) is 3.14. The standard InChI is InChI=1S/C21H44O2Si/c1-8-10-11-12-13-14-15-16-17-18-22-24(7,9-2)23-21(19(3)4)20(5)6/h9,19-21H,2,8,10-18H2,1,3-7H3. The molecule has 0 aromatic heterocycles. The molecule has 0 aliphatic rings. The zero-order valence-electron chi connectivity index (χ0n) is 17.4. The molecule has 0 saturated carbocycles. The Balaban J connectivity index is 3.90. The van der Waals surface area contributed by atoms with Gasteiger partial charge in [0.2, 0.25) is 0 Å². The molecule has 0 spiro atoms. The van der Waals surface area contributed by atoms with Crippen LogP contribution in [0.4, 0.5) is 0 Å². The van der Waals surface area contributed by atoms with Gasteiger partial charge in [0.1, 0.15) is 0 Å². The van der Waals surface area contributed by atoms with Crippen molar-refractivity contribution in [1.82, 2.24) is 0 Å². The molecule has 0 aliphatic carbocycles. The summed E-state index contributed by atoms with van der Waals surface area (Å²) in [6.45, 7) is 18.1. The normalized spacial score (nSPS) is 14.5. The maximum Gasteiger partial charge on any atom is 0.361 e. The van der Waals surface area contributed by atoms with Crippen molar-refractivity contribution in [3.05, 3.63) is 12.3 Å². The summed E-state index contributed by atoms with van der Waals surface area (Å²) < 4.78 is 12.6. The Kier molecular flexibility index (Phi) is 14.0. The van der Waals surface area contributed by atoms with Crippen LogP contribution in [-0.4, -0.2) is 21.3 Å². The molecular formula is C21H44O2Si. The molecular weight excluding hydrogens is 312 g/mol. The van der Waals surface area contributed by atoms with Crippen LogP contribution < -0.4 is 0 Å². The lowest BCUT2D eigenvalue weighted by Crippen LogP contribution is -2.44. The molecule has 0 saturated heterocycles. The fraction of sp³-hybridized carbons (Fsp3) is 0.905. The zero-order chi connectivity index (χ0) is 18.4. The van der Waals surface area contributed by atoms with Crippen LogP contribution in [0.3, 0.4) is 0 Å². The largest absolute Gasteiger partial charge is 0.391 e. The van der Waals surface area contributed by atoms with Gasteiger partial charge in [0.15, 0.2) is 0 Å². The molecule has 0 rings (SSSR count). The summed E-state index contributed by atoms with van der Waals surface area (Å²) >= 11 is 0. The smallest absolute Gasteiger partial charge is 0.361 e. The van der Waals surface area contributed by atoms with Gasteiger partial charge in [-0.25, -0.2) is 0 Å². The minimum absolute atomic E-state index is 0.253. The lowest BCUT2D eigenvalue weighted by Gasteiger charge is -2.33. The average molecular weight is 357 g/mol. The predicted molar refractivity (Wildman–Crippen MR) is 110 cm³/mol. The van der Waals surface area contributed by atoms with Crippen molar-refractivity contribution in [3.63, 3.8) is 0 Å². The van der Waals surface area contributed by atoms with Gasteiger partial charge in [-0.2, -0.15) is 0 Å². The van der Waals surface area contributed by atoms with Gasteiger partial charge in [0, 0.05) is 6.61 Å². The van der Waals surface area contributed by atoms with E-state index in [0.29, 0.717) is 11.8 Å². The van der Waals surface area contributed by atoms with Crippen LogP contribution in [0.2, 0.25) is 6.55 Å². The van der Waals surface area contributed by atoms with Gasteiger partial charge in [-0.15, -0.1) is 6.58 Å².